The van der Waals surface area contributed by atoms with Crippen molar-refractivity contribution in [3.8, 4) is 0 Å². The van der Waals surface area contributed by atoms with Crippen LogP contribution in [-0.4, -0.2) is 67.0 Å². The number of carbonyl (C=O) groups excluding carboxylic acids is 4. The van der Waals surface area contributed by atoms with Crippen molar-refractivity contribution < 1.29 is 23.9 Å². The van der Waals surface area contributed by atoms with E-state index in [0.717, 1.165) is 16.2 Å². The van der Waals surface area contributed by atoms with E-state index >= 15 is 0 Å². The van der Waals surface area contributed by atoms with Gasteiger partial charge < -0.3 is 19.9 Å². The highest BCUT2D eigenvalue weighted by Gasteiger charge is 2.53. The van der Waals surface area contributed by atoms with E-state index in [4.69, 9.17) is 16.3 Å². The quantitative estimate of drug-likeness (QED) is 0.684. The third-order valence-electron chi connectivity index (χ3n) is 5.83. The van der Waals surface area contributed by atoms with Crippen molar-refractivity contribution in [1.82, 2.24) is 10.2 Å². The van der Waals surface area contributed by atoms with Crippen molar-refractivity contribution in [1.29, 1.82) is 0 Å². The van der Waals surface area contributed by atoms with E-state index in [1.807, 2.05) is 0 Å². The molecule has 2 aromatic rings. The molecule has 11 heteroatoms. The predicted octanol–water partition coefficient (Wildman–Crippen LogP) is 2.10. The molecular formula is C21H19ClN4O5S. The zero-order valence-electron chi connectivity index (χ0n) is 16.8. The first-order valence-electron chi connectivity index (χ1n) is 10.1. The second-order valence-electron chi connectivity index (χ2n) is 7.68. The highest BCUT2D eigenvalue weighted by molar-refractivity contribution is 7.18. The van der Waals surface area contributed by atoms with E-state index in [2.05, 4.69) is 5.32 Å². The number of hydrogen-bond donors (Lipinski definition) is 1. The summed E-state index contributed by atoms with van der Waals surface area (Å²) in [5, 5.41) is 2.88. The van der Waals surface area contributed by atoms with Gasteiger partial charge in [0.15, 0.2) is 0 Å². The number of thiophene rings is 1. The SMILES string of the molecule is O=C(N[C@@H]1CCN2C(=O)N(c3ccc(N4CCOCC4=O)cc3)C(=O)[C@H]12)c1ccc(Cl)s1. The van der Waals surface area contributed by atoms with Gasteiger partial charge in [-0.05, 0) is 42.8 Å². The number of hydrogen-bond acceptors (Lipinski definition) is 6. The maximum Gasteiger partial charge on any atom is 0.332 e. The number of halogens is 1. The minimum Gasteiger partial charge on any atom is -0.370 e. The third-order valence-corrected chi connectivity index (χ3v) is 7.06. The van der Waals surface area contributed by atoms with E-state index in [-0.39, 0.29) is 24.3 Å². The number of carbonyl (C=O) groups is 4. The fourth-order valence-electron chi connectivity index (χ4n) is 4.30. The molecule has 5 rings (SSSR count). The molecule has 1 aromatic carbocycles. The van der Waals surface area contributed by atoms with E-state index in [1.54, 1.807) is 41.3 Å². The Morgan fingerprint density at radius 3 is 2.50 bits per heavy atom. The standard InChI is InChI=1S/C21H19ClN4O5S/c22-16-6-5-15(32-16)19(28)23-14-7-8-25-18(14)20(29)26(21(25)30)13-3-1-12(2-4-13)24-9-10-31-11-17(24)27/h1-6,14,18H,7-11H2,(H,23,28)/t14-,18+/m1/s1. The average Bonchev–Trinajstić information content (AvgIpc) is 3.46. The van der Waals surface area contributed by atoms with Crippen LogP contribution < -0.4 is 15.1 Å². The Balaban J connectivity index is 1.32. The first-order valence-corrected chi connectivity index (χ1v) is 11.3. The molecule has 0 aliphatic carbocycles. The van der Waals surface area contributed by atoms with Crippen LogP contribution in [0.1, 0.15) is 16.1 Å². The second kappa shape index (κ2) is 8.19. The Morgan fingerprint density at radius 2 is 1.81 bits per heavy atom. The predicted molar refractivity (Wildman–Crippen MR) is 118 cm³/mol. The molecule has 5 amide bonds. The van der Waals surface area contributed by atoms with Gasteiger partial charge >= 0.3 is 6.03 Å². The van der Waals surface area contributed by atoms with Crippen LogP contribution in [0.5, 0.6) is 0 Å². The number of anilines is 2. The van der Waals surface area contributed by atoms with Gasteiger partial charge in [0, 0.05) is 18.8 Å². The van der Waals surface area contributed by atoms with Gasteiger partial charge in [-0.3, -0.25) is 14.4 Å². The van der Waals surface area contributed by atoms with Crippen molar-refractivity contribution in [3.63, 3.8) is 0 Å². The molecule has 0 saturated carbocycles. The van der Waals surface area contributed by atoms with Crippen molar-refractivity contribution in [2.75, 3.05) is 36.1 Å². The molecule has 32 heavy (non-hydrogen) atoms. The van der Waals surface area contributed by atoms with E-state index in [1.165, 1.54) is 4.90 Å². The Bertz CT molecular complexity index is 1100. The van der Waals surface area contributed by atoms with Crippen LogP contribution >= 0.6 is 22.9 Å². The monoisotopic (exact) mass is 474 g/mol. The lowest BCUT2D eigenvalue weighted by molar-refractivity contribution is -0.125. The van der Waals surface area contributed by atoms with Crippen molar-refractivity contribution in [2.24, 2.45) is 0 Å². The second-order valence-corrected chi connectivity index (χ2v) is 9.40. The van der Waals surface area contributed by atoms with Gasteiger partial charge in [-0.2, -0.15) is 0 Å². The first kappa shape index (κ1) is 20.9. The van der Waals surface area contributed by atoms with Crippen molar-refractivity contribution in [3.05, 3.63) is 45.6 Å². The molecule has 0 unspecified atom stereocenters. The summed E-state index contributed by atoms with van der Waals surface area (Å²) in [5.74, 6) is -0.826. The van der Waals surface area contributed by atoms with Crippen molar-refractivity contribution in [2.45, 2.75) is 18.5 Å². The van der Waals surface area contributed by atoms with E-state index in [0.29, 0.717) is 46.7 Å². The molecule has 2 atom stereocenters. The highest BCUT2D eigenvalue weighted by Crippen LogP contribution is 2.33. The minimum atomic E-state index is -0.748. The van der Waals surface area contributed by atoms with Gasteiger partial charge in [-0.15, -0.1) is 11.3 Å². The van der Waals surface area contributed by atoms with Crippen LogP contribution in [0.25, 0.3) is 0 Å². The summed E-state index contributed by atoms with van der Waals surface area (Å²) in [6, 6.07) is 8.36. The number of morpholine rings is 1. The molecule has 4 heterocycles. The summed E-state index contributed by atoms with van der Waals surface area (Å²) in [7, 11) is 0. The topological polar surface area (TPSA) is 99.3 Å². The number of urea groups is 1. The molecule has 3 saturated heterocycles. The van der Waals surface area contributed by atoms with Gasteiger partial charge in [0.2, 0.25) is 0 Å². The fourth-order valence-corrected chi connectivity index (χ4v) is 5.25. The van der Waals surface area contributed by atoms with Crippen LogP contribution in [0.3, 0.4) is 0 Å². The summed E-state index contributed by atoms with van der Waals surface area (Å²) < 4.78 is 5.65. The smallest absolute Gasteiger partial charge is 0.332 e. The molecule has 166 valence electrons. The number of benzene rings is 1. The normalized spacial score (nSPS) is 23.2. The number of fused-ring (bicyclic) bond motifs is 1. The average molecular weight is 475 g/mol. The summed E-state index contributed by atoms with van der Waals surface area (Å²) in [4.78, 5) is 55.4. The van der Waals surface area contributed by atoms with Crippen LogP contribution in [0, 0.1) is 0 Å². The van der Waals surface area contributed by atoms with Gasteiger partial charge in [0.25, 0.3) is 17.7 Å². The van der Waals surface area contributed by atoms with Crippen LogP contribution in [-0.2, 0) is 14.3 Å². The maximum absolute atomic E-state index is 13.2. The summed E-state index contributed by atoms with van der Waals surface area (Å²) in [6.07, 6.45) is 0.499. The Labute approximate surface area is 192 Å². The summed E-state index contributed by atoms with van der Waals surface area (Å²) in [6.45, 7) is 1.32. The number of ether oxygens (including phenoxy) is 1. The summed E-state index contributed by atoms with van der Waals surface area (Å²) in [5.41, 5.74) is 1.11. The van der Waals surface area contributed by atoms with Crippen molar-refractivity contribution >= 4 is 58.1 Å². The van der Waals surface area contributed by atoms with Gasteiger partial charge in [-0.1, -0.05) is 11.6 Å². The number of nitrogens with zero attached hydrogens (tertiary/aromatic N) is 3. The molecular weight excluding hydrogens is 456 g/mol. The summed E-state index contributed by atoms with van der Waals surface area (Å²) >= 11 is 7.06. The number of amides is 5. The minimum absolute atomic E-state index is 0.0340. The molecule has 1 aromatic heterocycles. The molecule has 3 aliphatic rings. The van der Waals surface area contributed by atoms with Crippen LogP contribution in [0.15, 0.2) is 36.4 Å². The number of rotatable bonds is 4. The number of nitrogens with one attached hydrogen (secondary N) is 1. The fraction of sp³-hybridized carbons (Fsp3) is 0.333. The zero-order valence-corrected chi connectivity index (χ0v) is 18.4. The molecule has 0 spiro atoms. The molecule has 3 aliphatic heterocycles. The molecule has 0 radical (unpaired) electrons. The van der Waals surface area contributed by atoms with Gasteiger partial charge in [-0.25, -0.2) is 9.69 Å². The van der Waals surface area contributed by atoms with E-state index < -0.39 is 18.1 Å². The lowest BCUT2D eigenvalue weighted by Gasteiger charge is -2.27. The maximum atomic E-state index is 13.2. The lowest BCUT2D eigenvalue weighted by atomic mass is 10.1. The first-order chi connectivity index (χ1) is 15.4. The number of imide groups is 1. The molecule has 1 N–H and O–H groups in total. The zero-order chi connectivity index (χ0) is 22.4. The van der Waals surface area contributed by atoms with Gasteiger partial charge in [0.1, 0.15) is 12.6 Å². The Kier molecular flexibility index (Phi) is 5.36. The largest absolute Gasteiger partial charge is 0.370 e. The lowest BCUT2D eigenvalue weighted by Crippen LogP contribution is -2.46. The molecule has 9 nitrogen and oxygen atoms in total. The van der Waals surface area contributed by atoms with Crippen LogP contribution in [0.2, 0.25) is 4.34 Å². The molecule has 3 fully saturated rings. The van der Waals surface area contributed by atoms with Gasteiger partial charge in [0.05, 0.1) is 27.5 Å². The Hall–Kier alpha value is -2.95. The molecule has 0 bridgehead atoms. The third kappa shape index (κ3) is 3.54. The van der Waals surface area contributed by atoms with Crippen LogP contribution in [0.4, 0.5) is 16.2 Å². The van der Waals surface area contributed by atoms with E-state index in [9.17, 15) is 19.2 Å². The Morgan fingerprint density at radius 1 is 1.06 bits per heavy atom. The highest BCUT2D eigenvalue weighted by atomic mass is 35.5.